The highest BCUT2D eigenvalue weighted by Crippen LogP contribution is 2.20. The molecule has 1 amide bonds. The number of benzene rings is 1. The van der Waals surface area contributed by atoms with Crippen LogP contribution in [0.25, 0.3) is 0 Å². The molecule has 1 aliphatic rings. The average molecular weight is 260 g/mol. The van der Waals surface area contributed by atoms with E-state index in [0.29, 0.717) is 5.92 Å². The standard InChI is InChI=1S/C16H24N2O/c1-4-18(11-12(2)3)16(19)15-7-5-6-13-10-17-9-8-14(13)15/h5-7,12,17H,4,8-11H2,1-3H3. The minimum Gasteiger partial charge on any atom is -0.339 e. The van der Waals surface area contributed by atoms with Crippen molar-refractivity contribution in [3.8, 4) is 0 Å². The maximum atomic E-state index is 12.7. The van der Waals surface area contributed by atoms with Gasteiger partial charge in [0, 0.05) is 25.2 Å². The third-order valence-corrected chi connectivity index (χ3v) is 3.63. The van der Waals surface area contributed by atoms with E-state index >= 15 is 0 Å². The first kappa shape index (κ1) is 14.1. The zero-order chi connectivity index (χ0) is 13.8. The molecule has 1 N–H and O–H groups in total. The highest BCUT2D eigenvalue weighted by Gasteiger charge is 2.21. The highest BCUT2D eigenvalue weighted by atomic mass is 16.2. The lowest BCUT2D eigenvalue weighted by molar-refractivity contribution is 0.0744. The summed E-state index contributed by atoms with van der Waals surface area (Å²) in [5.74, 6) is 0.694. The minimum absolute atomic E-state index is 0.190. The van der Waals surface area contributed by atoms with Gasteiger partial charge in [-0.15, -0.1) is 0 Å². The lowest BCUT2D eigenvalue weighted by Crippen LogP contribution is -2.35. The topological polar surface area (TPSA) is 32.3 Å². The number of nitrogens with zero attached hydrogens (tertiary/aromatic N) is 1. The molecule has 0 radical (unpaired) electrons. The highest BCUT2D eigenvalue weighted by molar-refractivity contribution is 5.96. The Bertz CT molecular complexity index is 454. The van der Waals surface area contributed by atoms with Gasteiger partial charge in [0.2, 0.25) is 0 Å². The number of rotatable bonds is 4. The lowest BCUT2D eigenvalue weighted by atomic mass is 9.94. The van der Waals surface area contributed by atoms with E-state index in [1.165, 1.54) is 11.1 Å². The van der Waals surface area contributed by atoms with Crippen LogP contribution in [0.1, 0.15) is 42.3 Å². The third kappa shape index (κ3) is 3.16. The second-order valence-electron chi connectivity index (χ2n) is 5.61. The molecule has 0 atom stereocenters. The largest absolute Gasteiger partial charge is 0.339 e. The van der Waals surface area contributed by atoms with Crippen molar-refractivity contribution in [3.63, 3.8) is 0 Å². The quantitative estimate of drug-likeness (QED) is 0.902. The smallest absolute Gasteiger partial charge is 0.254 e. The van der Waals surface area contributed by atoms with E-state index in [0.717, 1.165) is 38.2 Å². The van der Waals surface area contributed by atoms with Crippen LogP contribution in [-0.2, 0) is 13.0 Å². The Balaban J connectivity index is 2.27. The van der Waals surface area contributed by atoms with Gasteiger partial charge in [-0.25, -0.2) is 0 Å². The van der Waals surface area contributed by atoms with E-state index in [1.54, 1.807) is 0 Å². The van der Waals surface area contributed by atoms with E-state index < -0.39 is 0 Å². The summed E-state index contributed by atoms with van der Waals surface area (Å²) in [6, 6.07) is 6.11. The zero-order valence-corrected chi connectivity index (χ0v) is 12.2. The first-order chi connectivity index (χ1) is 9.13. The maximum Gasteiger partial charge on any atom is 0.254 e. The van der Waals surface area contributed by atoms with Crippen molar-refractivity contribution in [2.75, 3.05) is 19.6 Å². The SMILES string of the molecule is CCN(CC(C)C)C(=O)c1cccc2c1CCNC2. The van der Waals surface area contributed by atoms with Gasteiger partial charge in [-0.3, -0.25) is 4.79 Å². The number of carbonyl (C=O) groups excluding carboxylic acids is 1. The molecule has 0 spiro atoms. The summed E-state index contributed by atoms with van der Waals surface area (Å²) in [5, 5.41) is 3.36. The van der Waals surface area contributed by atoms with Crippen molar-refractivity contribution in [1.29, 1.82) is 0 Å². The Morgan fingerprint density at radius 3 is 2.89 bits per heavy atom. The Labute approximate surface area is 116 Å². The van der Waals surface area contributed by atoms with Crippen LogP contribution >= 0.6 is 0 Å². The van der Waals surface area contributed by atoms with Crippen LogP contribution in [0.5, 0.6) is 0 Å². The molecular weight excluding hydrogens is 236 g/mol. The molecule has 1 aromatic carbocycles. The lowest BCUT2D eigenvalue weighted by Gasteiger charge is -2.26. The van der Waals surface area contributed by atoms with Gasteiger partial charge in [-0.05, 0) is 43.0 Å². The van der Waals surface area contributed by atoms with Gasteiger partial charge in [0.05, 0.1) is 0 Å². The van der Waals surface area contributed by atoms with Gasteiger partial charge in [-0.2, -0.15) is 0 Å². The van der Waals surface area contributed by atoms with E-state index in [9.17, 15) is 4.79 Å². The molecule has 0 saturated carbocycles. The van der Waals surface area contributed by atoms with Gasteiger partial charge in [0.15, 0.2) is 0 Å². The van der Waals surface area contributed by atoms with E-state index in [2.05, 4.69) is 32.2 Å². The first-order valence-corrected chi connectivity index (χ1v) is 7.24. The molecule has 0 saturated heterocycles. The zero-order valence-electron chi connectivity index (χ0n) is 12.2. The van der Waals surface area contributed by atoms with Crippen molar-refractivity contribution in [3.05, 3.63) is 34.9 Å². The van der Waals surface area contributed by atoms with Gasteiger partial charge in [0.1, 0.15) is 0 Å². The van der Waals surface area contributed by atoms with Crippen molar-refractivity contribution < 1.29 is 4.79 Å². The Kier molecular flexibility index (Phi) is 4.59. The van der Waals surface area contributed by atoms with Gasteiger partial charge >= 0.3 is 0 Å². The fraction of sp³-hybridized carbons (Fsp3) is 0.562. The number of hydrogen-bond acceptors (Lipinski definition) is 2. The molecule has 1 aliphatic heterocycles. The first-order valence-electron chi connectivity index (χ1n) is 7.24. The van der Waals surface area contributed by atoms with E-state index in [4.69, 9.17) is 0 Å². The number of carbonyl (C=O) groups is 1. The number of amides is 1. The molecule has 0 fully saturated rings. The molecule has 0 unspecified atom stereocenters. The van der Waals surface area contributed by atoms with Crippen molar-refractivity contribution in [1.82, 2.24) is 10.2 Å². The summed E-state index contributed by atoms with van der Waals surface area (Å²) in [7, 11) is 0. The second kappa shape index (κ2) is 6.20. The fourth-order valence-corrected chi connectivity index (χ4v) is 2.70. The molecule has 2 rings (SSSR count). The molecule has 1 aromatic rings. The minimum atomic E-state index is 0.190. The van der Waals surface area contributed by atoms with Gasteiger partial charge < -0.3 is 10.2 Å². The fourth-order valence-electron chi connectivity index (χ4n) is 2.70. The molecule has 104 valence electrons. The summed E-state index contributed by atoms with van der Waals surface area (Å²) in [5.41, 5.74) is 3.42. The summed E-state index contributed by atoms with van der Waals surface area (Å²) >= 11 is 0. The van der Waals surface area contributed by atoms with Gasteiger partial charge in [0.25, 0.3) is 5.91 Å². The summed E-state index contributed by atoms with van der Waals surface area (Å²) in [6.07, 6.45) is 0.955. The van der Waals surface area contributed by atoms with Crippen molar-refractivity contribution >= 4 is 5.91 Å². The third-order valence-electron chi connectivity index (χ3n) is 3.63. The summed E-state index contributed by atoms with van der Waals surface area (Å²) in [6.45, 7) is 9.81. The molecule has 3 nitrogen and oxygen atoms in total. The predicted octanol–water partition coefficient (Wildman–Crippen LogP) is 2.45. The van der Waals surface area contributed by atoms with Crippen LogP contribution in [0.4, 0.5) is 0 Å². The van der Waals surface area contributed by atoms with Crippen LogP contribution in [0.3, 0.4) is 0 Å². The molecule has 3 heteroatoms. The molecule has 0 aliphatic carbocycles. The number of fused-ring (bicyclic) bond motifs is 1. The predicted molar refractivity (Wildman–Crippen MR) is 78.3 cm³/mol. The number of hydrogen-bond donors (Lipinski definition) is 1. The maximum absolute atomic E-state index is 12.7. The monoisotopic (exact) mass is 260 g/mol. The molecule has 19 heavy (non-hydrogen) atoms. The summed E-state index contributed by atoms with van der Waals surface area (Å²) < 4.78 is 0. The average Bonchev–Trinajstić information content (AvgIpc) is 2.43. The number of nitrogens with one attached hydrogen (secondary N) is 1. The van der Waals surface area contributed by atoms with Crippen LogP contribution in [0.15, 0.2) is 18.2 Å². The normalized spacial score (nSPS) is 14.3. The Morgan fingerprint density at radius 1 is 1.42 bits per heavy atom. The molecule has 0 aromatic heterocycles. The van der Waals surface area contributed by atoms with E-state index in [1.807, 2.05) is 17.0 Å². The Hall–Kier alpha value is -1.35. The molecule has 0 bridgehead atoms. The van der Waals surface area contributed by atoms with Crippen molar-refractivity contribution in [2.45, 2.75) is 33.7 Å². The summed E-state index contributed by atoms with van der Waals surface area (Å²) in [4.78, 5) is 14.6. The van der Waals surface area contributed by atoms with Crippen LogP contribution in [0.2, 0.25) is 0 Å². The molecule has 1 heterocycles. The second-order valence-corrected chi connectivity index (χ2v) is 5.61. The van der Waals surface area contributed by atoms with Crippen LogP contribution in [0, 0.1) is 5.92 Å². The van der Waals surface area contributed by atoms with E-state index in [-0.39, 0.29) is 5.91 Å². The van der Waals surface area contributed by atoms with Crippen LogP contribution in [-0.4, -0.2) is 30.4 Å². The Morgan fingerprint density at radius 2 is 2.21 bits per heavy atom. The molecular formula is C16H24N2O. The van der Waals surface area contributed by atoms with Crippen LogP contribution < -0.4 is 5.32 Å². The van der Waals surface area contributed by atoms with Crippen molar-refractivity contribution in [2.24, 2.45) is 5.92 Å². The van der Waals surface area contributed by atoms with Gasteiger partial charge in [-0.1, -0.05) is 26.0 Å².